The van der Waals surface area contributed by atoms with Crippen LogP contribution >= 0.6 is 0 Å². The smallest absolute Gasteiger partial charge is 0.343 e. The quantitative estimate of drug-likeness (QED) is 0.0646. The molecule has 8 aromatic heterocycles. The highest BCUT2D eigenvalue weighted by atomic mass is 16.5. The van der Waals surface area contributed by atoms with Gasteiger partial charge < -0.3 is 37.7 Å². The average molecular weight is 1140 g/mol. The molecule has 8 aromatic rings. The van der Waals surface area contributed by atoms with Crippen molar-refractivity contribution in [3.05, 3.63) is 113 Å². The third-order valence-corrected chi connectivity index (χ3v) is 12.7. The molecule has 0 aliphatic carbocycles. The van der Waals surface area contributed by atoms with Crippen LogP contribution in [0.25, 0.3) is 22.6 Å². The van der Waals surface area contributed by atoms with E-state index in [9.17, 15) is 19.2 Å². The highest BCUT2D eigenvalue weighted by Gasteiger charge is 2.24. The Kier molecular flexibility index (Phi) is 32.2. The molecular weight excluding hydrogens is 1040 g/mol. The molecular formula is C58H97BN17O6. The van der Waals surface area contributed by atoms with Crippen LogP contribution in [0.4, 0.5) is 0 Å². The van der Waals surface area contributed by atoms with Gasteiger partial charge in [-0.25, -0.2) is 47.6 Å². The Bertz CT molecular complexity index is 3180. The van der Waals surface area contributed by atoms with Crippen molar-refractivity contribution in [2.45, 2.75) is 167 Å². The van der Waals surface area contributed by atoms with E-state index in [1.54, 1.807) is 38.8 Å². The van der Waals surface area contributed by atoms with Gasteiger partial charge in [-0.1, -0.05) is 35.6 Å². The van der Waals surface area contributed by atoms with E-state index in [0.717, 1.165) is 87.4 Å². The predicted molar refractivity (Wildman–Crippen MR) is 332 cm³/mol. The molecule has 0 saturated carbocycles. The molecule has 9 N–H and O–H groups in total. The number of rotatable bonds is 7. The fraction of sp³-hybridized carbons (Fsp3) is 0.517. The maximum atomic E-state index is 12.0. The Morgan fingerprint density at radius 3 is 0.878 bits per heavy atom. The van der Waals surface area contributed by atoms with Gasteiger partial charge in [0.15, 0.2) is 22.6 Å². The lowest BCUT2D eigenvalue weighted by atomic mass is 10.2. The minimum atomic E-state index is -0.984. The van der Waals surface area contributed by atoms with Crippen LogP contribution in [-0.4, -0.2) is 135 Å². The number of carboxylic acids is 1. The minimum absolute atomic E-state index is 0. The van der Waals surface area contributed by atoms with Crippen LogP contribution in [0.3, 0.4) is 0 Å². The summed E-state index contributed by atoms with van der Waals surface area (Å²) in [6.07, 6.45) is 0. The largest absolute Gasteiger partial charge is 0.477 e. The van der Waals surface area contributed by atoms with Crippen LogP contribution < -0.4 is 27.8 Å². The highest BCUT2D eigenvalue weighted by molar-refractivity contribution is 6.02. The number of fused-ring (bicyclic) bond motifs is 4. The van der Waals surface area contributed by atoms with E-state index >= 15 is 0 Å². The first-order valence-corrected chi connectivity index (χ1v) is 26.5. The average Bonchev–Trinajstić information content (AvgIpc) is 4.22. The van der Waals surface area contributed by atoms with Gasteiger partial charge in [0.2, 0.25) is 0 Å². The van der Waals surface area contributed by atoms with E-state index in [4.69, 9.17) is 27.0 Å². The van der Waals surface area contributed by atoms with Gasteiger partial charge in [0.1, 0.15) is 22.3 Å². The summed E-state index contributed by atoms with van der Waals surface area (Å²) >= 11 is 0. The summed E-state index contributed by atoms with van der Waals surface area (Å²) < 4.78 is 11.9. The molecule has 8 heterocycles. The molecule has 3 radical (unpaired) electrons. The van der Waals surface area contributed by atoms with Gasteiger partial charge in [-0.2, -0.15) is 20.4 Å². The number of hydrogen-bond donors (Lipinski definition) is 6. The second-order valence-corrected chi connectivity index (χ2v) is 18.4. The van der Waals surface area contributed by atoms with Gasteiger partial charge in [0, 0.05) is 68.5 Å². The SMILES string of the molecule is C.C.CCN.CCN.CCN.CCNC(=O)c1c(C)nn2c(C)c(C)c(C)nc12.CCNC(=O)c1c(C)nn2c(C)c(C)c(C)nc12.CCOC(=O)c1c(C)nn2c(C)c(C)c(C)nc12.Cc1nc2c(C(=O)O)c(C)nn2c(C)c1C.[2HH].[B]. The molecule has 24 heteroatoms. The molecule has 453 valence electrons. The van der Waals surface area contributed by atoms with E-state index in [0.29, 0.717) is 81.8 Å². The summed E-state index contributed by atoms with van der Waals surface area (Å²) in [6, 6.07) is 0. The summed E-state index contributed by atoms with van der Waals surface area (Å²) in [5, 5.41) is 32.1. The normalized spacial score (nSPS) is 10.0. The van der Waals surface area contributed by atoms with Crippen LogP contribution in [0, 0.1) is 111 Å². The zero-order chi connectivity index (χ0) is 60.5. The van der Waals surface area contributed by atoms with E-state index < -0.39 is 5.97 Å². The zero-order valence-electron chi connectivity index (χ0n) is 51.4. The van der Waals surface area contributed by atoms with Gasteiger partial charge in [-0.15, -0.1) is 0 Å². The third kappa shape index (κ3) is 17.4. The number of hydrogen-bond acceptors (Lipinski definition) is 16. The van der Waals surface area contributed by atoms with Gasteiger partial charge in [0.25, 0.3) is 11.8 Å². The maximum Gasteiger partial charge on any atom is 0.343 e. The molecule has 82 heavy (non-hydrogen) atoms. The van der Waals surface area contributed by atoms with Crippen molar-refractivity contribution in [2.24, 2.45) is 17.2 Å². The lowest BCUT2D eigenvalue weighted by molar-refractivity contribution is 0.0526. The zero-order valence-corrected chi connectivity index (χ0v) is 51.4. The molecule has 0 fully saturated rings. The number of ether oxygens (including phenoxy) is 1. The molecule has 0 atom stereocenters. The maximum absolute atomic E-state index is 12.0. The van der Waals surface area contributed by atoms with Gasteiger partial charge in [-0.05, 0) is 173 Å². The van der Waals surface area contributed by atoms with Crippen molar-refractivity contribution in [1.82, 2.24) is 69.0 Å². The van der Waals surface area contributed by atoms with Crippen molar-refractivity contribution in [3.8, 4) is 0 Å². The minimum Gasteiger partial charge on any atom is -0.477 e. The number of nitrogens with zero attached hydrogens (tertiary/aromatic N) is 12. The van der Waals surface area contributed by atoms with E-state index in [1.807, 2.05) is 132 Å². The van der Waals surface area contributed by atoms with E-state index in [-0.39, 0.29) is 48.0 Å². The van der Waals surface area contributed by atoms with Crippen LogP contribution in [0.2, 0.25) is 0 Å². The molecule has 0 bridgehead atoms. The summed E-state index contributed by atoms with van der Waals surface area (Å²) in [5.74, 6) is -1.57. The second-order valence-electron chi connectivity index (χ2n) is 18.4. The second kappa shape index (κ2) is 34.6. The molecule has 0 saturated heterocycles. The van der Waals surface area contributed by atoms with Gasteiger partial charge >= 0.3 is 11.9 Å². The van der Waals surface area contributed by atoms with Crippen LogP contribution in [0.5, 0.6) is 0 Å². The summed E-state index contributed by atoms with van der Waals surface area (Å²) in [4.78, 5) is 64.9. The highest BCUT2D eigenvalue weighted by Crippen LogP contribution is 2.23. The number of esters is 1. The summed E-state index contributed by atoms with van der Waals surface area (Å²) in [6.45, 7) is 45.8. The number of nitrogens with two attached hydrogens (primary N) is 3. The van der Waals surface area contributed by atoms with Crippen LogP contribution in [0.15, 0.2) is 0 Å². The number of carboxylic acid groups (broad SMARTS) is 1. The number of nitrogens with one attached hydrogen (secondary N) is 2. The standard InChI is InChI=1S/2C13H18N4O.C13H17N3O2.C11H13N3O2.3C2H7N.2CH4.B.H2/c2*1-6-14-13(18)11-9(4)16-17-10(5)7(2)8(3)15-12(11)17;1-6-18-13(17)11-9(4)15-16-10(5)7(2)8(3)14-12(11)16;1-5-6(2)12-10-9(11(15)16)7(3)13-14(10)8(5)4;3*1-2-3;;;;/h2*6H2,1-5H3,(H,14,18);6H2,1-5H3;1-4H3,(H,15,16);3*2-3H2,1H3;2*1H4;;1H/i;;;;;;;;;;1+1. The first kappa shape index (κ1) is 76.4. The predicted octanol–water partition coefficient (Wildman–Crippen LogP) is 8.26. The summed E-state index contributed by atoms with van der Waals surface area (Å²) in [5.41, 5.74) is 33.1. The van der Waals surface area contributed by atoms with Crippen molar-refractivity contribution < 1.29 is 30.4 Å². The Balaban J connectivity index is -0.000000965. The Hall–Kier alpha value is -7.70. The van der Waals surface area contributed by atoms with Gasteiger partial charge in [-0.3, -0.25) is 9.59 Å². The number of amides is 2. The first-order chi connectivity index (χ1) is 37.1. The molecule has 0 unspecified atom stereocenters. The number of aryl methyl sites for hydroxylation is 12. The van der Waals surface area contributed by atoms with Crippen molar-refractivity contribution in [2.75, 3.05) is 39.3 Å². The fourth-order valence-corrected chi connectivity index (χ4v) is 7.78. The fourth-order valence-electron chi connectivity index (χ4n) is 7.78. The van der Waals surface area contributed by atoms with Crippen molar-refractivity contribution in [3.63, 3.8) is 0 Å². The Morgan fingerprint density at radius 1 is 0.427 bits per heavy atom. The van der Waals surface area contributed by atoms with Crippen molar-refractivity contribution >= 4 is 54.8 Å². The van der Waals surface area contributed by atoms with Crippen LogP contribution in [-0.2, 0) is 4.74 Å². The molecule has 0 aliphatic heterocycles. The lowest BCUT2D eigenvalue weighted by Gasteiger charge is -2.07. The topological polar surface area (TPSA) is 321 Å². The molecule has 0 aromatic carbocycles. The number of carbonyl (C=O) groups is 4. The van der Waals surface area contributed by atoms with Crippen LogP contribution in [0.1, 0.15) is 190 Å². The van der Waals surface area contributed by atoms with Crippen molar-refractivity contribution in [1.29, 1.82) is 0 Å². The monoisotopic (exact) mass is 1140 g/mol. The third-order valence-electron chi connectivity index (χ3n) is 12.7. The number of carbonyl (C=O) groups excluding carboxylic acids is 3. The molecule has 8 rings (SSSR count). The molecule has 0 aliphatic rings. The van der Waals surface area contributed by atoms with Gasteiger partial charge in [0.05, 0.1) is 29.4 Å². The molecule has 2 amide bonds. The summed E-state index contributed by atoms with van der Waals surface area (Å²) in [7, 11) is 0. The van der Waals surface area contributed by atoms with E-state index in [2.05, 4.69) is 51.0 Å². The molecule has 0 spiro atoms. The van der Waals surface area contributed by atoms with E-state index in [1.165, 1.54) is 0 Å². The lowest BCUT2D eigenvalue weighted by Crippen LogP contribution is -2.23. The Morgan fingerprint density at radius 2 is 0.646 bits per heavy atom. The molecule has 23 nitrogen and oxygen atoms in total. The number of aromatic carboxylic acids is 1. The Labute approximate surface area is 489 Å². The first-order valence-electron chi connectivity index (χ1n) is 26.5. The number of aromatic nitrogens is 12.